The van der Waals surface area contributed by atoms with Crippen molar-refractivity contribution in [2.24, 2.45) is 0 Å². The average Bonchev–Trinajstić information content (AvgIpc) is 3.25. The van der Waals surface area contributed by atoms with E-state index in [2.05, 4.69) is 27.6 Å². The molecule has 0 spiro atoms. The molecular weight excluding hydrogens is 370 g/mol. The summed E-state index contributed by atoms with van der Waals surface area (Å²) in [5, 5.41) is 7.39. The van der Waals surface area contributed by atoms with Gasteiger partial charge >= 0.3 is 0 Å². The van der Waals surface area contributed by atoms with Crippen molar-refractivity contribution in [1.82, 2.24) is 15.5 Å². The van der Waals surface area contributed by atoms with Crippen LogP contribution < -0.4 is 19.5 Å². The Morgan fingerprint density at radius 1 is 0.931 bits per heavy atom. The number of benzene rings is 2. The number of methoxy groups -OCH3 is 3. The molecule has 29 heavy (non-hydrogen) atoms. The fourth-order valence-electron chi connectivity index (χ4n) is 3.09. The molecule has 0 saturated heterocycles. The molecule has 3 aromatic rings. The summed E-state index contributed by atoms with van der Waals surface area (Å²) in [6, 6.07) is 12.1. The van der Waals surface area contributed by atoms with Gasteiger partial charge in [-0.05, 0) is 36.7 Å². The lowest BCUT2D eigenvalue weighted by molar-refractivity contribution is 0.321. The van der Waals surface area contributed by atoms with Crippen LogP contribution in [0.2, 0.25) is 0 Å². The van der Waals surface area contributed by atoms with Gasteiger partial charge in [-0.25, -0.2) is 0 Å². The number of aryl methyl sites for hydroxylation is 1. The molecule has 0 atom stereocenters. The van der Waals surface area contributed by atoms with Crippen LogP contribution >= 0.6 is 0 Å². The minimum atomic E-state index is 0.562. The Labute approximate surface area is 171 Å². The van der Waals surface area contributed by atoms with Gasteiger partial charge in [-0.3, -0.25) is 0 Å². The standard InChI is InChI=1S/C22H27N3O4/c1-5-19-24-22(29-25-19)16-8-6-15(7-9-16)12-13-23-14-17-10-11-18(26-2)21(28-4)20(17)27-3/h6-11,23H,5,12-14H2,1-4H3. The zero-order valence-electron chi connectivity index (χ0n) is 17.3. The van der Waals surface area contributed by atoms with Crippen molar-refractivity contribution in [3.8, 4) is 28.7 Å². The molecule has 0 aliphatic heterocycles. The van der Waals surface area contributed by atoms with E-state index in [4.69, 9.17) is 18.7 Å². The Morgan fingerprint density at radius 2 is 1.69 bits per heavy atom. The fraction of sp³-hybridized carbons (Fsp3) is 0.364. The second-order valence-corrected chi connectivity index (χ2v) is 6.49. The molecule has 0 bridgehead atoms. The van der Waals surface area contributed by atoms with Crippen LogP contribution in [-0.2, 0) is 19.4 Å². The van der Waals surface area contributed by atoms with Crippen LogP contribution in [-0.4, -0.2) is 38.0 Å². The van der Waals surface area contributed by atoms with Gasteiger partial charge in [0.25, 0.3) is 5.89 Å². The van der Waals surface area contributed by atoms with E-state index in [1.807, 2.05) is 31.2 Å². The van der Waals surface area contributed by atoms with Gasteiger partial charge in [0, 0.05) is 24.1 Å². The quantitative estimate of drug-likeness (QED) is 0.523. The highest BCUT2D eigenvalue weighted by Gasteiger charge is 2.15. The lowest BCUT2D eigenvalue weighted by Crippen LogP contribution is -2.17. The van der Waals surface area contributed by atoms with Gasteiger partial charge < -0.3 is 24.1 Å². The Bertz CT molecular complexity index is 922. The molecule has 1 aromatic heterocycles. The van der Waals surface area contributed by atoms with Crippen molar-refractivity contribution in [3.05, 3.63) is 53.3 Å². The molecule has 0 unspecified atom stereocenters. The molecule has 0 aliphatic rings. The highest BCUT2D eigenvalue weighted by molar-refractivity contribution is 5.56. The van der Waals surface area contributed by atoms with Crippen molar-refractivity contribution in [2.75, 3.05) is 27.9 Å². The Hall–Kier alpha value is -3.06. The van der Waals surface area contributed by atoms with Gasteiger partial charge in [0.05, 0.1) is 21.3 Å². The van der Waals surface area contributed by atoms with Gasteiger partial charge in [-0.1, -0.05) is 30.3 Å². The minimum Gasteiger partial charge on any atom is -0.493 e. The van der Waals surface area contributed by atoms with Gasteiger partial charge in [-0.2, -0.15) is 4.98 Å². The zero-order valence-corrected chi connectivity index (χ0v) is 17.3. The first-order valence-corrected chi connectivity index (χ1v) is 9.60. The third kappa shape index (κ3) is 4.86. The van der Waals surface area contributed by atoms with E-state index in [1.54, 1.807) is 21.3 Å². The summed E-state index contributed by atoms with van der Waals surface area (Å²) in [5.74, 6) is 3.23. The van der Waals surface area contributed by atoms with Gasteiger partial charge in [0.1, 0.15) is 0 Å². The first-order chi connectivity index (χ1) is 14.2. The molecule has 7 nitrogen and oxygen atoms in total. The number of hydrogen-bond acceptors (Lipinski definition) is 7. The summed E-state index contributed by atoms with van der Waals surface area (Å²) in [7, 11) is 4.86. The van der Waals surface area contributed by atoms with Crippen LogP contribution in [0.1, 0.15) is 23.9 Å². The second kappa shape index (κ2) is 9.93. The smallest absolute Gasteiger partial charge is 0.257 e. The maximum absolute atomic E-state index is 5.53. The zero-order chi connectivity index (χ0) is 20.6. The first-order valence-electron chi connectivity index (χ1n) is 9.60. The maximum atomic E-state index is 5.53. The first kappa shape index (κ1) is 20.7. The number of nitrogens with zero attached hydrogens (tertiary/aromatic N) is 2. The SMILES string of the molecule is CCc1noc(-c2ccc(CCNCc3ccc(OC)c(OC)c3OC)cc2)n1. The Balaban J connectivity index is 1.55. The van der Waals surface area contributed by atoms with Crippen molar-refractivity contribution < 1.29 is 18.7 Å². The number of ether oxygens (including phenoxy) is 3. The van der Waals surface area contributed by atoms with E-state index in [0.29, 0.717) is 29.7 Å². The molecule has 0 amide bonds. The molecular formula is C22H27N3O4. The van der Waals surface area contributed by atoms with E-state index < -0.39 is 0 Å². The summed E-state index contributed by atoms with van der Waals surface area (Å²) in [6.45, 7) is 3.50. The molecule has 7 heteroatoms. The van der Waals surface area contributed by atoms with Crippen molar-refractivity contribution >= 4 is 0 Å². The van der Waals surface area contributed by atoms with E-state index in [0.717, 1.165) is 36.3 Å². The highest BCUT2D eigenvalue weighted by Crippen LogP contribution is 2.39. The van der Waals surface area contributed by atoms with Crippen molar-refractivity contribution in [2.45, 2.75) is 26.3 Å². The molecule has 0 saturated carbocycles. The fourth-order valence-corrected chi connectivity index (χ4v) is 3.09. The molecule has 0 fully saturated rings. The predicted octanol–water partition coefficient (Wildman–Crippen LogP) is 3.66. The summed E-state index contributed by atoms with van der Waals surface area (Å²) in [6.07, 6.45) is 1.66. The summed E-state index contributed by atoms with van der Waals surface area (Å²) >= 11 is 0. The van der Waals surface area contributed by atoms with Crippen LogP contribution in [0, 0.1) is 0 Å². The van der Waals surface area contributed by atoms with E-state index in [-0.39, 0.29) is 0 Å². The third-order valence-corrected chi connectivity index (χ3v) is 4.68. The van der Waals surface area contributed by atoms with E-state index in [9.17, 15) is 0 Å². The predicted molar refractivity (Wildman–Crippen MR) is 111 cm³/mol. The van der Waals surface area contributed by atoms with Crippen LogP contribution in [0.25, 0.3) is 11.5 Å². The highest BCUT2D eigenvalue weighted by atomic mass is 16.5. The molecule has 0 aliphatic carbocycles. The number of hydrogen-bond donors (Lipinski definition) is 1. The Morgan fingerprint density at radius 3 is 2.31 bits per heavy atom. The van der Waals surface area contributed by atoms with E-state index >= 15 is 0 Å². The summed E-state index contributed by atoms with van der Waals surface area (Å²) in [4.78, 5) is 4.36. The van der Waals surface area contributed by atoms with Crippen LogP contribution in [0.15, 0.2) is 40.9 Å². The lowest BCUT2D eigenvalue weighted by Gasteiger charge is -2.16. The van der Waals surface area contributed by atoms with Crippen LogP contribution in [0.5, 0.6) is 17.2 Å². The number of rotatable bonds is 10. The molecule has 1 heterocycles. The van der Waals surface area contributed by atoms with Crippen molar-refractivity contribution in [3.63, 3.8) is 0 Å². The van der Waals surface area contributed by atoms with Crippen molar-refractivity contribution in [1.29, 1.82) is 0 Å². The largest absolute Gasteiger partial charge is 0.493 e. The molecule has 0 radical (unpaired) electrons. The van der Waals surface area contributed by atoms with E-state index in [1.165, 1.54) is 5.56 Å². The molecule has 154 valence electrons. The van der Waals surface area contributed by atoms with Gasteiger partial charge in [0.15, 0.2) is 17.3 Å². The second-order valence-electron chi connectivity index (χ2n) is 6.49. The topological polar surface area (TPSA) is 78.6 Å². The molecule has 2 aromatic carbocycles. The molecule has 3 rings (SSSR count). The Kier molecular flexibility index (Phi) is 7.08. The lowest BCUT2D eigenvalue weighted by atomic mass is 10.1. The van der Waals surface area contributed by atoms with Gasteiger partial charge in [0.2, 0.25) is 5.75 Å². The van der Waals surface area contributed by atoms with Crippen LogP contribution in [0.3, 0.4) is 0 Å². The third-order valence-electron chi connectivity index (χ3n) is 4.68. The summed E-state index contributed by atoms with van der Waals surface area (Å²) < 4.78 is 21.6. The maximum Gasteiger partial charge on any atom is 0.257 e. The monoisotopic (exact) mass is 397 g/mol. The minimum absolute atomic E-state index is 0.562. The van der Waals surface area contributed by atoms with Crippen LogP contribution in [0.4, 0.5) is 0 Å². The normalized spacial score (nSPS) is 10.8. The molecule has 1 N–H and O–H groups in total. The number of aromatic nitrogens is 2. The summed E-state index contributed by atoms with van der Waals surface area (Å²) in [5.41, 5.74) is 3.18. The van der Waals surface area contributed by atoms with Gasteiger partial charge in [-0.15, -0.1) is 0 Å². The average molecular weight is 397 g/mol. The number of nitrogens with one attached hydrogen (secondary N) is 1.